The number of rotatable bonds is 5. The topological polar surface area (TPSA) is 99.3 Å². The van der Waals surface area contributed by atoms with E-state index in [9.17, 15) is 19.2 Å². The molecule has 0 aliphatic carbocycles. The predicted octanol–water partition coefficient (Wildman–Crippen LogP) is 1.93. The Bertz CT molecular complexity index is 815. The molecule has 1 aromatic carbocycles. The normalized spacial score (nSPS) is 19.3. The van der Waals surface area contributed by atoms with Gasteiger partial charge in [-0.1, -0.05) is 26.0 Å². The Morgan fingerprint density at radius 2 is 1.67 bits per heavy atom. The Morgan fingerprint density at radius 1 is 1.07 bits per heavy atom. The highest BCUT2D eigenvalue weighted by atomic mass is 16.6. The highest BCUT2D eigenvalue weighted by Crippen LogP contribution is 2.24. The van der Waals surface area contributed by atoms with Crippen LogP contribution in [0, 0.1) is 0 Å². The monoisotopic (exact) mass is 416 g/mol. The van der Waals surface area contributed by atoms with E-state index < -0.39 is 18.0 Å². The van der Waals surface area contributed by atoms with Crippen LogP contribution in [-0.4, -0.2) is 72.6 Å². The highest BCUT2D eigenvalue weighted by molar-refractivity contribution is 6.22. The Labute approximate surface area is 175 Å². The van der Waals surface area contributed by atoms with Gasteiger partial charge in [0.15, 0.2) is 0 Å². The van der Waals surface area contributed by atoms with Gasteiger partial charge < -0.3 is 19.9 Å². The number of ether oxygens (including phenoxy) is 1. The number of nitrogens with zero attached hydrogens (tertiary/aromatic N) is 3. The number of piperazine rings is 1. The summed E-state index contributed by atoms with van der Waals surface area (Å²) in [7, 11) is 0. The fourth-order valence-corrected chi connectivity index (χ4v) is 3.58. The molecule has 1 aromatic rings. The minimum atomic E-state index is -0.891. The molecule has 9 nitrogen and oxygen atoms in total. The van der Waals surface area contributed by atoms with Gasteiger partial charge in [-0.15, -0.1) is 0 Å². The molecule has 0 aromatic heterocycles. The van der Waals surface area contributed by atoms with Gasteiger partial charge in [-0.2, -0.15) is 0 Å². The number of hydrogen-bond donors (Lipinski definition) is 1. The van der Waals surface area contributed by atoms with Crippen molar-refractivity contribution in [1.82, 2.24) is 15.1 Å². The molecule has 30 heavy (non-hydrogen) atoms. The molecule has 0 saturated carbocycles. The Hall–Kier alpha value is -3.10. The number of imide groups is 1. The fraction of sp³-hybridized carbons (Fsp3) is 0.524. The summed E-state index contributed by atoms with van der Waals surface area (Å²) in [5.74, 6) is -0.318. The van der Waals surface area contributed by atoms with Crippen LogP contribution in [0.5, 0.6) is 0 Å². The smallest absolute Gasteiger partial charge is 0.409 e. The van der Waals surface area contributed by atoms with Gasteiger partial charge in [0.25, 0.3) is 5.91 Å². The van der Waals surface area contributed by atoms with Crippen LogP contribution in [0.25, 0.3) is 0 Å². The molecule has 2 aliphatic heterocycles. The highest BCUT2D eigenvalue weighted by Gasteiger charge is 2.41. The first-order valence-electron chi connectivity index (χ1n) is 10.3. The van der Waals surface area contributed by atoms with Crippen LogP contribution >= 0.6 is 0 Å². The van der Waals surface area contributed by atoms with E-state index >= 15 is 0 Å². The van der Waals surface area contributed by atoms with Gasteiger partial charge >= 0.3 is 12.1 Å². The van der Waals surface area contributed by atoms with Gasteiger partial charge in [-0.3, -0.25) is 9.59 Å². The van der Waals surface area contributed by atoms with Crippen LogP contribution in [0.1, 0.15) is 38.7 Å². The van der Waals surface area contributed by atoms with E-state index in [0.717, 1.165) is 10.5 Å². The lowest BCUT2D eigenvalue weighted by atomic mass is 10.0. The quantitative estimate of drug-likeness (QED) is 0.740. The summed E-state index contributed by atoms with van der Waals surface area (Å²) in [5.41, 5.74) is 1.60. The molecule has 9 heteroatoms. The molecule has 1 N–H and O–H groups in total. The van der Waals surface area contributed by atoms with Gasteiger partial charge in [0.05, 0.1) is 18.7 Å². The second-order valence-corrected chi connectivity index (χ2v) is 7.69. The summed E-state index contributed by atoms with van der Waals surface area (Å²) in [4.78, 5) is 53.8. The van der Waals surface area contributed by atoms with Crippen molar-refractivity contribution in [1.29, 1.82) is 0 Å². The largest absolute Gasteiger partial charge is 0.450 e. The molecule has 1 unspecified atom stereocenters. The maximum Gasteiger partial charge on any atom is 0.409 e. The summed E-state index contributed by atoms with van der Waals surface area (Å²) in [6.07, 6.45) is -0.494. The number of hydrogen-bond acceptors (Lipinski definition) is 5. The average molecular weight is 416 g/mol. The number of carbonyl (C=O) groups is 4. The zero-order chi connectivity index (χ0) is 21.8. The van der Waals surface area contributed by atoms with Gasteiger partial charge in [-0.25, -0.2) is 14.5 Å². The van der Waals surface area contributed by atoms with E-state index in [1.54, 1.807) is 28.9 Å². The van der Waals surface area contributed by atoms with E-state index in [-0.39, 0.29) is 18.4 Å². The molecule has 2 fully saturated rings. The SMILES string of the molecule is CCOC(=O)N1CCN(C(=O)CC2NC(=O)N(c3ccc(C(C)C)cc3)C2=O)CC1. The van der Waals surface area contributed by atoms with E-state index in [4.69, 9.17) is 4.74 Å². The van der Waals surface area contributed by atoms with Gasteiger partial charge in [-0.05, 0) is 30.5 Å². The third-order valence-corrected chi connectivity index (χ3v) is 5.37. The van der Waals surface area contributed by atoms with Crippen LogP contribution in [0.15, 0.2) is 24.3 Å². The molecule has 0 spiro atoms. The number of urea groups is 1. The summed E-state index contributed by atoms with van der Waals surface area (Å²) in [5, 5.41) is 2.61. The van der Waals surface area contributed by atoms with Crippen LogP contribution in [0.4, 0.5) is 15.3 Å². The first-order valence-corrected chi connectivity index (χ1v) is 10.3. The zero-order valence-corrected chi connectivity index (χ0v) is 17.6. The molecule has 3 rings (SSSR count). The van der Waals surface area contributed by atoms with Crippen molar-refractivity contribution < 1.29 is 23.9 Å². The number of amides is 5. The molecular formula is C21H28N4O5. The standard InChI is InChI=1S/C21H28N4O5/c1-4-30-21(29)24-11-9-23(10-12-24)18(26)13-17-19(27)25(20(28)22-17)16-7-5-15(6-8-16)14(2)3/h5-8,14,17H,4,9-13H2,1-3H3,(H,22,28). The molecule has 5 amide bonds. The third-order valence-electron chi connectivity index (χ3n) is 5.37. The van der Waals surface area contributed by atoms with Crippen molar-refractivity contribution in [2.75, 3.05) is 37.7 Å². The lowest BCUT2D eigenvalue weighted by Gasteiger charge is -2.34. The van der Waals surface area contributed by atoms with E-state index in [1.165, 1.54) is 0 Å². The van der Waals surface area contributed by atoms with Gasteiger partial charge in [0.1, 0.15) is 6.04 Å². The number of carbonyl (C=O) groups excluding carboxylic acids is 4. The van der Waals surface area contributed by atoms with Crippen LogP contribution < -0.4 is 10.2 Å². The lowest BCUT2D eigenvalue weighted by Crippen LogP contribution is -2.51. The summed E-state index contributed by atoms with van der Waals surface area (Å²) < 4.78 is 4.97. The van der Waals surface area contributed by atoms with Gasteiger partial charge in [0.2, 0.25) is 5.91 Å². The maximum absolute atomic E-state index is 12.8. The number of anilines is 1. The lowest BCUT2D eigenvalue weighted by molar-refractivity contribution is -0.135. The fourth-order valence-electron chi connectivity index (χ4n) is 3.58. The van der Waals surface area contributed by atoms with Crippen molar-refractivity contribution in [2.24, 2.45) is 0 Å². The average Bonchev–Trinajstić information content (AvgIpc) is 3.01. The van der Waals surface area contributed by atoms with Crippen molar-refractivity contribution in [3.63, 3.8) is 0 Å². The second kappa shape index (κ2) is 9.15. The number of benzene rings is 1. The molecule has 0 bridgehead atoms. The molecule has 2 saturated heterocycles. The predicted molar refractivity (Wildman–Crippen MR) is 110 cm³/mol. The van der Waals surface area contributed by atoms with E-state index in [2.05, 4.69) is 19.2 Å². The molecule has 1 atom stereocenters. The summed E-state index contributed by atoms with van der Waals surface area (Å²) in [6, 6.07) is 5.85. The molecule has 2 heterocycles. The summed E-state index contributed by atoms with van der Waals surface area (Å²) >= 11 is 0. The van der Waals surface area contributed by atoms with Crippen molar-refractivity contribution >= 4 is 29.6 Å². The van der Waals surface area contributed by atoms with E-state index in [1.807, 2.05) is 12.1 Å². The molecule has 2 aliphatic rings. The van der Waals surface area contributed by atoms with Crippen LogP contribution in [0.3, 0.4) is 0 Å². The second-order valence-electron chi connectivity index (χ2n) is 7.69. The Kier molecular flexibility index (Phi) is 6.59. The Morgan fingerprint density at radius 3 is 2.23 bits per heavy atom. The minimum Gasteiger partial charge on any atom is -0.450 e. The zero-order valence-electron chi connectivity index (χ0n) is 17.6. The molecule has 0 radical (unpaired) electrons. The maximum atomic E-state index is 12.8. The molecular weight excluding hydrogens is 388 g/mol. The minimum absolute atomic E-state index is 0.107. The summed E-state index contributed by atoms with van der Waals surface area (Å²) in [6.45, 7) is 7.67. The first-order chi connectivity index (χ1) is 14.3. The van der Waals surface area contributed by atoms with Crippen molar-refractivity contribution in [3.8, 4) is 0 Å². The van der Waals surface area contributed by atoms with Crippen molar-refractivity contribution in [2.45, 2.75) is 39.2 Å². The number of nitrogens with one attached hydrogen (secondary N) is 1. The van der Waals surface area contributed by atoms with E-state index in [0.29, 0.717) is 44.4 Å². The van der Waals surface area contributed by atoms with Crippen LogP contribution in [0.2, 0.25) is 0 Å². The third kappa shape index (κ3) is 4.55. The van der Waals surface area contributed by atoms with Crippen LogP contribution in [-0.2, 0) is 14.3 Å². The first kappa shape index (κ1) is 21.6. The Balaban J connectivity index is 1.57. The van der Waals surface area contributed by atoms with Crippen molar-refractivity contribution in [3.05, 3.63) is 29.8 Å². The van der Waals surface area contributed by atoms with Gasteiger partial charge in [0, 0.05) is 26.2 Å². The molecule has 162 valence electrons.